The number of hydrogen-bond acceptors (Lipinski definition) is 4. The van der Waals surface area contributed by atoms with Crippen LogP contribution >= 0.6 is 24.0 Å². The van der Waals surface area contributed by atoms with Crippen LogP contribution in [0.4, 0.5) is 14.6 Å². The van der Waals surface area contributed by atoms with E-state index in [1.165, 1.54) is 18.2 Å². The molecule has 0 bridgehead atoms. The molecule has 0 amide bonds. The van der Waals surface area contributed by atoms with E-state index < -0.39 is 0 Å². The summed E-state index contributed by atoms with van der Waals surface area (Å²) in [7, 11) is 1.69. The highest BCUT2D eigenvalue weighted by atomic mass is 127. The average Bonchev–Trinajstić information content (AvgIpc) is 3.13. The molecule has 2 heterocycles. The van der Waals surface area contributed by atoms with Gasteiger partial charge in [0.2, 0.25) is 0 Å². The minimum Gasteiger partial charge on any atom is -0.489 e. The fourth-order valence-electron chi connectivity index (χ4n) is 3.12. The van der Waals surface area contributed by atoms with Crippen LogP contribution in [0, 0.1) is 11.6 Å². The topological polar surface area (TPSA) is 61.8 Å². The maximum atomic E-state index is 13.9. The summed E-state index contributed by atoms with van der Waals surface area (Å²) in [6.45, 7) is 3.76. The molecule has 1 fully saturated rings. The molecule has 1 aromatic heterocycles. The van der Waals surface area contributed by atoms with E-state index in [0.29, 0.717) is 30.6 Å². The Labute approximate surface area is 186 Å². The standard InChI is InChI=1S/C20H25F2N5O.HI/c1-14(28-17-6-3-5-15(21)11-17)12-25-20(23-2)26-16-8-10-27(13-16)19-18(22)7-4-9-24-19;/h3-7,9,11,14,16H,8,10,12-13H2,1-2H3,(H2,23,25,26);1H. The van der Waals surface area contributed by atoms with E-state index in [0.717, 1.165) is 13.0 Å². The Hall–Kier alpha value is -2.17. The molecule has 2 unspecified atom stereocenters. The predicted octanol–water partition coefficient (Wildman–Crippen LogP) is 3.19. The van der Waals surface area contributed by atoms with Crippen molar-refractivity contribution in [1.29, 1.82) is 0 Å². The third-order valence-corrected chi connectivity index (χ3v) is 4.48. The summed E-state index contributed by atoms with van der Waals surface area (Å²) in [6.07, 6.45) is 2.27. The van der Waals surface area contributed by atoms with Crippen LogP contribution in [0.2, 0.25) is 0 Å². The van der Waals surface area contributed by atoms with Crippen molar-refractivity contribution >= 4 is 35.8 Å². The average molecular weight is 517 g/mol. The van der Waals surface area contributed by atoms with Gasteiger partial charge in [0, 0.05) is 38.4 Å². The smallest absolute Gasteiger partial charge is 0.191 e. The third kappa shape index (κ3) is 6.69. The zero-order valence-electron chi connectivity index (χ0n) is 16.4. The Morgan fingerprint density at radius 2 is 2.17 bits per heavy atom. The van der Waals surface area contributed by atoms with E-state index in [4.69, 9.17) is 4.74 Å². The van der Waals surface area contributed by atoms with Crippen molar-refractivity contribution in [3.05, 3.63) is 54.2 Å². The van der Waals surface area contributed by atoms with Crippen molar-refractivity contribution in [3.63, 3.8) is 0 Å². The van der Waals surface area contributed by atoms with Gasteiger partial charge in [0.05, 0.1) is 6.54 Å². The molecule has 9 heteroatoms. The zero-order valence-corrected chi connectivity index (χ0v) is 18.8. The van der Waals surface area contributed by atoms with Crippen molar-refractivity contribution in [2.75, 3.05) is 31.6 Å². The van der Waals surface area contributed by atoms with Crippen LogP contribution < -0.4 is 20.3 Å². The summed E-state index contributed by atoms with van der Waals surface area (Å²) in [6, 6.07) is 9.20. The summed E-state index contributed by atoms with van der Waals surface area (Å²) in [5.41, 5.74) is 0. The highest BCUT2D eigenvalue weighted by molar-refractivity contribution is 14.0. The molecule has 6 nitrogen and oxygen atoms in total. The highest BCUT2D eigenvalue weighted by Gasteiger charge is 2.26. The second-order valence-electron chi connectivity index (χ2n) is 6.72. The van der Waals surface area contributed by atoms with Gasteiger partial charge in [-0.1, -0.05) is 6.07 Å². The number of rotatable bonds is 6. The number of halogens is 3. The number of aliphatic imine (C=N–C) groups is 1. The molecule has 29 heavy (non-hydrogen) atoms. The number of anilines is 1. The number of ether oxygens (including phenoxy) is 1. The Kier molecular flexibility index (Phi) is 8.87. The van der Waals surface area contributed by atoms with Gasteiger partial charge in [0.25, 0.3) is 0 Å². The van der Waals surface area contributed by atoms with Gasteiger partial charge < -0.3 is 20.3 Å². The lowest BCUT2D eigenvalue weighted by Gasteiger charge is -2.21. The zero-order chi connectivity index (χ0) is 19.9. The first kappa shape index (κ1) is 23.1. The summed E-state index contributed by atoms with van der Waals surface area (Å²) in [5, 5.41) is 6.55. The van der Waals surface area contributed by atoms with Crippen molar-refractivity contribution in [2.24, 2.45) is 4.99 Å². The third-order valence-electron chi connectivity index (χ3n) is 4.48. The second-order valence-corrected chi connectivity index (χ2v) is 6.72. The molecular weight excluding hydrogens is 491 g/mol. The first-order valence-electron chi connectivity index (χ1n) is 9.30. The number of guanidine groups is 1. The van der Waals surface area contributed by atoms with Crippen LogP contribution in [-0.4, -0.2) is 49.8 Å². The molecule has 1 aliphatic rings. The monoisotopic (exact) mass is 517 g/mol. The number of benzene rings is 1. The van der Waals surface area contributed by atoms with Crippen LogP contribution in [0.5, 0.6) is 5.75 Å². The lowest BCUT2D eigenvalue weighted by molar-refractivity contribution is 0.223. The maximum Gasteiger partial charge on any atom is 0.191 e. The van der Waals surface area contributed by atoms with Gasteiger partial charge in [0.15, 0.2) is 17.6 Å². The molecule has 1 saturated heterocycles. The first-order chi connectivity index (χ1) is 13.5. The Bertz CT molecular complexity index is 823. The van der Waals surface area contributed by atoms with E-state index in [9.17, 15) is 8.78 Å². The molecule has 158 valence electrons. The fourth-order valence-corrected chi connectivity index (χ4v) is 3.12. The number of nitrogens with one attached hydrogen (secondary N) is 2. The molecule has 2 aromatic rings. The first-order valence-corrected chi connectivity index (χ1v) is 9.30. The number of nitrogens with zero attached hydrogens (tertiary/aromatic N) is 3. The van der Waals surface area contributed by atoms with Gasteiger partial charge in [0.1, 0.15) is 17.7 Å². The Morgan fingerprint density at radius 3 is 2.90 bits per heavy atom. The van der Waals surface area contributed by atoms with Crippen molar-refractivity contribution in [1.82, 2.24) is 15.6 Å². The molecule has 1 aliphatic heterocycles. The van der Waals surface area contributed by atoms with Crippen LogP contribution in [0.1, 0.15) is 13.3 Å². The number of pyridine rings is 1. The lowest BCUT2D eigenvalue weighted by atomic mass is 10.3. The van der Waals surface area contributed by atoms with E-state index in [1.807, 2.05) is 11.8 Å². The Morgan fingerprint density at radius 1 is 1.34 bits per heavy atom. The SMILES string of the molecule is CN=C(NCC(C)Oc1cccc(F)c1)NC1CCN(c2ncccc2F)C1.I. The quantitative estimate of drug-likeness (QED) is 0.350. The largest absolute Gasteiger partial charge is 0.489 e. The van der Waals surface area contributed by atoms with Crippen molar-refractivity contribution in [2.45, 2.75) is 25.5 Å². The minimum atomic E-state index is -0.328. The van der Waals surface area contributed by atoms with Crippen molar-refractivity contribution < 1.29 is 13.5 Å². The second kappa shape index (κ2) is 11.1. The van der Waals surface area contributed by atoms with E-state index in [-0.39, 0.29) is 47.8 Å². The van der Waals surface area contributed by atoms with Crippen LogP contribution in [0.15, 0.2) is 47.6 Å². The molecule has 1 aromatic carbocycles. The molecule has 0 aliphatic carbocycles. The molecule has 0 spiro atoms. The van der Waals surface area contributed by atoms with Gasteiger partial charge in [-0.3, -0.25) is 4.99 Å². The molecular formula is C20H26F2IN5O. The van der Waals surface area contributed by atoms with Gasteiger partial charge >= 0.3 is 0 Å². The summed E-state index contributed by atoms with van der Waals surface area (Å²) < 4.78 is 32.9. The molecule has 0 saturated carbocycles. The van der Waals surface area contributed by atoms with E-state index in [2.05, 4.69) is 20.6 Å². The summed E-state index contributed by atoms with van der Waals surface area (Å²) >= 11 is 0. The van der Waals surface area contributed by atoms with Crippen LogP contribution in [0.25, 0.3) is 0 Å². The minimum absolute atomic E-state index is 0. The Balaban J connectivity index is 0.00000300. The molecule has 2 N–H and O–H groups in total. The van der Waals surface area contributed by atoms with Crippen LogP contribution in [0.3, 0.4) is 0 Å². The summed E-state index contributed by atoms with van der Waals surface area (Å²) in [5.74, 6) is 0.871. The highest BCUT2D eigenvalue weighted by Crippen LogP contribution is 2.20. The van der Waals surface area contributed by atoms with Crippen molar-refractivity contribution in [3.8, 4) is 5.75 Å². The maximum absolute atomic E-state index is 13.9. The predicted molar refractivity (Wildman–Crippen MR) is 121 cm³/mol. The molecule has 2 atom stereocenters. The van der Waals surface area contributed by atoms with E-state index in [1.54, 1.807) is 31.4 Å². The number of aromatic nitrogens is 1. The normalized spacial score (nSPS) is 17.4. The van der Waals surface area contributed by atoms with Gasteiger partial charge in [-0.15, -0.1) is 24.0 Å². The van der Waals surface area contributed by atoms with Gasteiger partial charge in [-0.25, -0.2) is 13.8 Å². The lowest BCUT2D eigenvalue weighted by Crippen LogP contribution is -2.47. The van der Waals surface area contributed by atoms with E-state index >= 15 is 0 Å². The molecule has 0 radical (unpaired) electrons. The van der Waals surface area contributed by atoms with Gasteiger partial charge in [-0.2, -0.15) is 0 Å². The van der Waals surface area contributed by atoms with Gasteiger partial charge in [-0.05, 0) is 37.6 Å². The summed E-state index contributed by atoms with van der Waals surface area (Å²) in [4.78, 5) is 10.3. The number of hydrogen-bond donors (Lipinski definition) is 2. The van der Waals surface area contributed by atoms with Crippen LogP contribution in [-0.2, 0) is 0 Å². The fraction of sp³-hybridized carbons (Fsp3) is 0.400. The molecule has 3 rings (SSSR count).